The van der Waals surface area contributed by atoms with Crippen LogP contribution in [0, 0.1) is 19.7 Å². The van der Waals surface area contributed by atoms with Crippen LogP contribution in [-0.2, 0) is 17.8 Å². The molecule has 0 unspecified atom stereocenters. The molecular formula is C30H37ClFNO4. The lowest BCUT2D eigenvalue weighted by Gasteiger charge is -2.19. The molecule has 7 heteroatoms. The summed E-state index contributed by atoms with van der Waals surface area (Å²) in [5, 5.41) is 8.80. The van der Waals surface area contributed by atoms with Crippen molar-refractivity contribution in [1.82, 2.24) is 4.90 Å². The molecule has 200 valence electrons. The predicted molar refractivity (Wildman–Crippen MR) is 149 cm³/mol. The Labute approximate surface area is 225 Å². The molecule has 3 aromatic rings. The highest BCUT2D eigenvalue weighted by Gasteiger charge is 2.11. The van der Waals surface area contributed by atoms with Crippen molar-refractivity contribution in [3.8, 4) is 22.6 Å². The zero-order valence-electron chi connectivity index (χ0n) is 22.1. The smallest absolute Gasteiger partial charge is 0.303 e. The second kappa shape index (κ2) is 14.6. The highest BCUT2D eigenvalue weighted by atomic mass is 35.5. The lowest BCUT2D eigenvalue weighted by atomic mass is 9.94. The first-order valence-corrected chi connectivity index (χ1v) is 12.5. The van der Waals surface area contributed by atoms with Gasteiger partial charge in [-0.2, -0.15) is 0 Å². The molecular weight excluding hydrogens is 493 g/mol. The first kappa shape index (κ1) is 30.1. The summed E-state index contributed by atoms with van der Waals surface area (Å²) in [5.74, 6) is -0.101. The van der Waals surface area contributed by atoms with Gasteiger partial charge in [-0.25, -0.2) is 4.39 Å². The van der Waals surface area contributed by atoms with Crippen molar-refractivity contribution in [1.29, 1.82) is 0 Å². The highest BCUT2D eigenvalue weighted by molar-refractivity contribution is 5.85. The number of ether oxygens (including phenoxy) is 2. The SMILES string of the molecule is CCN(CC)CCOc1cc(C)c(-c2cccc(COc3ccc(CCC(=O)O)c(F)c3)c2)c(C)c1.Cl. The van der Waals surface area contributed by atoms with Crippen LogP contribution in [0.15, 0.2) is 54.6 Å². The van der Waals surface area contributed by atoms with E-state index in [0.717, 1.165) is 47.6 Å². The average molecular weight is 530 g/mol. The third-order valence-electron chi connectivity index (χ3n) is 6.33. The number of nitrogens with zero attached hydrogens (tertiary/aromatic N) is 1. The van der Waals surface area contributed by atoms with Crippen LogP contribution in [0.3, 0.4) is 0 Å². The standard InChI is InChI=1S/C30H36FNO4.ClH/c1-5-32(6-2)14-15-35-27-16-21(3)30(22(4)17-27)25-9-7-8-23(18-25)20-36-26-12-10-24(28(31)19-26)11-13-29(33)34;/h7-10,12,16-19H,5-6,11,13-15,20H2,1-4H3,(H,33,34);1H. The van der Waals surface area contributed by atoms with E-state index in [1.807, 2.05) is 12.1 Å². The van der Waals surface area contributed by atoms with E-state index in [4.69, 9.17) is 14.6 Å². The highest BCUT2D eigenvalue weighted by Crippen LogP contribution is 2.32. The van der Waals surface area contributed by atoms with Crippen LogP contribution >= 0.6 is 12.4 Å². The van der Waals surface area contributed by atoms with E-state index >= 15 is 0 Å². The third kappa shape index (κ3) is 8.76. The van der Waals surface area contributed by atoms with Gasteiger partial charge in [-0.1, -0.05) is 38.1 Å². The molecule has 0 atom stereocenters. The molecule has 0 amide bonds. The van der Waals surface area contributed by atoms with Crippen molar-refractivity contribution in [2.24, 2.45) is 0 Å². The fraction of sp³-hybridized carbons (Fsp3) is 0.367. The Kier molecular flexibility index (Phi) is 11.9. The van der Waals surface area contributed by atoms with E-state index in [0.29, 0.717) is 24.5 Å². The van der Waals surface area contributed by atoms with Gasteiger partial charge in [0.05, 0.1) is 0 Å². The van der Waals surface area contributed by atoms with Crippen LogP contribution in [0.5, 0.6) is 11.5 Å². The molecule has 0 aliphatic heterocycles. The minimum atomic E-state index is -0.947. The summed E-state index contributed by atoms with van der Waals surface area (Å²) in [6.45, 7) is 12.4. The molecule has 0 bridgehead atoms. The Morgan fingerprint density at radius 2 is 1.65 bits per heavy atom. The fourth-order valence-electron chi connectivity index (χ4n) is 4.34. The quantitative estimate of drug-likeness (QED) is 0.262. The molecule has 0 aromatic heterocycles. The Balaban J connectivity index is 0.00000481. The van der Waals surface area contributed by atoms with Gasteiger partial charge in [0.15, 0.2) is 0 Å². The van der Waals surface area contributed by atoms with Crippen LogP contribution < -0.4 is 9.47 Å². The van der Waals surface area contributed by atoms with Gasteiger partial charge < -0.3 is 19.5 Å². The average Bonchev–Trinajstić information content (AvgIpc) is 2.84. The third-order valence-corrected chi connectivity index (χ3v) is 6.33. The van der Waals surface area contributed by atoms with Crippen LogP contribution in [0.1, 0.15) is 42.5 Å². The summed E-state index contributed by atoms with van der Waals surface area (Å²) < 4.78 is 26.2. The van der Waals surface area contributed by atoms with Gasteiger partial charge in [0.25, 0.3) is 0 Å². The predicted octanol–water partition coefficient (Wildman–Crippen LogP) is 6.85. The van der Waals surface area contributed by atoms with E-state index in [1.54, 1.807) is 12.1 Å². The molecule has 1 N–H and O–H groups in total. The van der Waals surface area contributed by atoms with Gasteiger partial charge >= 0.3 is 5.97 Å². The van der Waals surface area contributed by atoms with Gasteiger partial charge in [0, 0.05) is 19.0 Å². The first-order chi connectivity index (χ1) is 17.3. The first-order valence-electron chi connectivity index (χ1n) is 12.5. The van der Waals surface area contributed by atoms with Gasteiger partial charge in [-0.05, 0) is 91.0 Å². The Morgan fingerprint density at radius 1 is 0.946 bits per heavy atom. The number of halogens is 2. The van der Waals surface area contributed by atoms with Crippen molar-refractivity contribution < 1.29 is 23.8 Å². The zero-order valence-corrected chi connectivity index (χ0v) is 22.9. The van der Waals surface area contributed by atoms with Crippen molar-refractivity contribution in [3.05, 3.63) is 82.7 Å². The molecule has 0 spiro atoms. The normalized spacial score (nSPS) is 10.8. The summed E-state index contributed by atoms with van der Waals surface area (Å²) in [6, 6.07) is 16.9. The number of benzene rings is 3. The van der Waals surface area contributed by atoms with Gasteiger partial charge in [-0.3, -0.25) is 4.79 Å². The lowest BCUT2D eigenvalue weighted by Crippen LogP contribution is -2.27. The monoisotopic (exact) mass is 529 g/mol. The topological polar surface area (TPSA) is 59.0 Å². The van der Waals surface area contributed by atoms with Crippen molar-refractivity contribution in [2.75, 3.05) is 26.2 Å². The van der Waals surface area contributed by atoms with E-state index in [9.17, 15) is 9.18 Å². The number of hydrogen-bond donors (Lipinski definition) is 1. The maximum absolute atomic E-state index is 14.3. The summed E-state index contributed by atoms with van der Waals surface area (Å²) >= 11 is 0. The van der Waals surface area contributed by atoms with Gasteiger partial charge in [-0.15, -0.1) is 12.4 Å². The number of rotatable bonds is 13. The molecule has 0 aliphatic carbocycles. The van der Waals surface area contributed by atoms with E-state index in [2.05, 4.69) is 56.9 Å². The number of aryl methyl sites for hydroxylation is 3. The molecule has 0 saturated carbocycles. The Hall–Kier alpha value is -3.09. The largest absolute Gasteiger partial charge is 0.492 e. The summed E-state index contributed by atoms with van der Waals surface area (Å²) in [5.41, 5.74) is 5.90. The van der Waals surface area contributed by atoms with E-state index in [1.165, 1.54) is 11.6 Å². The number of carbonyl (C=O) groups is 1. The number of carboxylic acids is 1. The number of likely N-dealkylation sites (N-methyl/N-ethyl adjacent to an activating group) is 1. The molecule has 0 fully saturated rings. The van der Waals surface area contributed by atoms with Gasteiger partial charge in [0.1, 0.15) is 30.5 Å². The molecule has 5 nitrogen and oxygen atoms in total. The molecule has 0 aliphatic rings. The summed E-state index contributed by atoms with van der Waals surface area (Å²) in [4.78, 5) is 13.1. The second-order valence-corrected chi connectivity index (χ2v) is 8.94. The Bertz CT molecular complexity index is 1160. The molecule has 0 heterocycles. The molecule has 0 saturated heterocycles. The Morgan fingerprint density at radius 3 is 2.27 bits per heavy atom. The number of aliphatic carboxylic acids is 1. The number of hydrogen-bond acceptors (Lipinski definition) is 4. The van der Waals surface area contributed by atoms with Crippen LogP contribution in [-0.4, -0.2) is 42.2 Å². The minimum absolute atomic E-state index is 0. The van der Waals surface area contributed by atoms with Gasteiger partial charge in [0.2, 0.25) is 0 Å². The second-order valence-electron chi connectivity index (χ2n) is 8.94. The molecule has 37 heavy (non-hydrogen) atoms. The lowest BCUT2D eigenvalue weighted by molar-refractivity contribution is -0.136. The summed E-state index contributed by atoms with van der Waals surface area (Å²) in [7, 11) is 0. The van der Waals surface area contributed by atoms with E-state index < -0.39 is 11.8 Å². The van der Waals surface area contributed by atoms with Crippen LogP contribution in [0.25, 0.3) is 11.1 Å². The molecule has 0 radical (unpaired) electrons. The van der Waals surface area contributed by atoms with E-state index in [-0.39, 0.29) is 25.2 Å². The molecule has 3 aromatic carbocycles. The van der Waals surface area contributed by atoms with Crippen molar-refractivity contribution >= 4 is 18.4 Å². The van der Waals surface area contributed by atoms with Crippen molar-refractivity contribution in [3.63, 3.8) is 0 Å². The maximum atomic E-state index is 14.3. The number of carboxylic acid groups (broad SMARTS) is 1. The molecule has 3 rings (SSSR count). The van der Waals surface area contributed by atoms with Crippen LogP contribution in [0.2, 0.25) is 0 Å². The van der Waals surface area contributed by atoms with Crippen LogP contribution in [0.4, 0.5) is 4.39 Å². The maximum Gasteiger partial charge on any atom is 0.303 e. The minimum Gasteiger partial charge on any atom is -0.492 e. The zero-order chi connectivity index (χ0) is 26.1. The van der Waals surface area contributed by atoms with Crippen molar-refractivity contribution in [2.45, 2.75) is 47.1 Å². The fourth-order valence-corrected chi connectivity index (χ4v) is 4.34. The summed E-state index contributed by atoms with van der Waals surface area (Å²) in [6.07, 6.45) is 0.0497.